The minimum absolute atomic E-state index is 0.122. The Morgan fingerprint density at radius 2 is 1.90 bits per heavy atom. The minimum Gasteiger partial charge on any atom is -0.274 e. The highest BCUT2D eigenvalue weighted by molar-refractivity contribution is 7.14. The summed E-state index contributed by atoms with van der Waals surface area (Å²) in [6.45, 7) is 1.58. The number of carbonyl (C=O) groups is 2. The fraction of sp³-hybridized carbons (Fsp3) is 0.0952. The molecule has 0 spiro atoms. The molecule has 0 aliphatic carbocycles. The molecule has 0 radical (unpaired) electrons. The Hall–Kier alpha value is -3.36. The Kier molecular flexibility index (Phi) is 6.83. The zero-order valence-corrected chi connectivity index (χ0v) is 16.4. The van der Waals surface area contributed by atoms with Crippen molar-refractivity contribution in [2.24, 2.45) is 0 Å². The van der Waals surface area contributed by atoms with Crippen molar-refractivity contribution in [2.75, 3.05) is 4.90 Å². The summed E-state index contributed by atoms with van der Waals surface area (Å²) in [6.07, 6.45) is 2.76. The van der Waals surface area contributed by atoms with Crippen LogP contribution < -0.4 is 10.4 Å². The van der Waals surface area contributed by atoms with Crippen LogP contribution in [0.25, 0.3) is 6.08 Å². The van der Waals surface area contributed by atoms with Crippen molar-refractivity contribution < 1.29 is 18.8 Å². The summed E-state index contributed by atoms with van der Waals surface area (Å²) in [4.78, 5) is 34.5. The van der Waals surface area contributed by atoms with Crippen molar-refractivity contribution >= 4 is 40.0 Å². The first-order chi connectivity index (χ1) is 14.0. The number of anilines is 2. The van der Waals surface area contributed by atoms with Gasteiger partial charge in [0.2, 0.25) is 5.91 Å². The first kappa shape index (κ1) is 20.4. The number of amides is 2. The lowest BCUT2D eigenvalue weighted by atomic mass is 10.2. The number of nitrogens with zero attached hydrogens (tertiary/aromatic N) is 2. The van der Waals surface area contributed by atoms with Gasteiger partial charge in [-0.3, -0.25) is 19.3 Å². The molecule has 0 aliphatic heterocycles. The quantitative estimate of drug-likeness (QED) is 0.467. The molecule has 3 rings (SSSR count). The number of hydrogen-bond donors (Lipinski definition) is 1. The van der Waals surface area contributed by atoms with Gasteiger partial charge in [-0.05, 0) is 23.8 Å². The smallest absolute Gasteiger partial charge is 0.267 e. The monoisotopic (exact) mass is 411 g/mol. The van der Waals surface area contributed by atoms with Crippen molar-refractivity contribution in [3.05, 3.63) is 83.1 Å². The molecule has 2 aromatic carbocycles. The van der Waals surface area contributed by atoms with E-state index in [1.54, 1.807) is 17.5 Å². The van der Waals surface area contributed by atoms with E-state index < -0.39 is 11.7 Å². The first-order valence-corrected chi connectivity index (χ1v) is 9.57. The molecule has 0 aliphatic rings. The van der Waals surface area contributed by atoms with Gasteiger partial charge in [0.25, 0.3) is 5.91 Å². The Morgan fingerprint density at radius 3 is 2.62 bits per heavy atom. The number of halogens is 1. The highest BCUT2D eigenvalue weighted by Crippen LogP contribution is 2.30. The van der Waals surface area contributed by atoms with E-state index in [9.17, 15) is 14.0 Å². The summed E-state index contributed by atoms with van der Waals surface area (Å²) < 4.78 is 14.1. The minimum atomic E-state index is -0.523. The summed E-state index contributed by atoms with van der Waals surface area (Å²) >= 11 is 1.17. The van der Waals surface area contributed by atoms with Gasteiger partial charge in [-0.1, -0.05) is 42.5 Å². The number of benzene rings is 2. The van der Waals surface area contributed by atoms with E-state index in [4.69, 9.17) is 4.84 Å². The Bertz CT molecular complexity index is 1020. The third-order valence-corrected chi connectivity index (χ3v) is 4.61. The number of hydroxylamine groups is 1. The van der Waals surface area contributed by atoms with Crippen molar-refractivity contribution in [1.82, 2.24) is 10.5 Å². The van der Waals surface area contributed by atoms with Crippen LogP contribution in [0.2, 0.25) is 0 Å². The molecule has 3 aromatic rings. The maximum Gasteiger partial charge on any atom is 0.267 e. The molecule has 29 heavy (non-hydrogen) atoms. The number of para-hydroxylation sites is 1. The third kappa shape index (κ3) is 5.56. The molecule has 8 heteroatoms. The topological polar surface area (TPSA) is 71.5 Å². The molecule has 1 aromatic heterocycles. The molecule has 6 nitrogen and oxygen atoms in total. The molecular weight excluding hydrogens is 393 g/mol. The molecule has 1 N–H and O–H groups in total. The van der Waals surface area contributed by atoms with Gasteiger partial charge < -0.3 is 0 Å². The third-order valence-electron chi connectivity index (χ3n) is 3.77. The van der Waals surface area contributed by atoms with Crippen LogP contribution in [-0.4, -0.2) is 16.8 Å². The number of nitrogens with one attached hydrogen (secondary N) is 1. The number of aromatic nitrogens is 1. The van der Waals surface area contributed by atoms with Gasteiger partial charge in [0, 0.05) is 18.4 Å². The molecule has 0 fully saturated rings. The summed E-state index contributed by atoms with van der Waals surface area (Å²) in [5.41, 5.74) is 3.83. The average molecular weight is 411 g/mol. The molecule has 0 atom stereocenters. The molecule has 0 saturated heterocycles. The lowest BCUT2D eigenvalue weighted by molar-refractivity contribution is -0.129. The predicted molar refractivity (Wildman–Crippen MR) is 110 cm³/mol. The van der Waals surface area contributed by atoms with Gasteiger partial charge in [0.05, 0.1) is 18.0 Å². The van der Waals surface area contributed by atoms with Crippen molar-refractivity contribution in [3.8, 4) is 0 Å². The van der Waals surface area contributed by atoms with Gasteiger partial charge in [-0.15, -0.1) is 11.3 Å². The molecule has 0 unspecified atom stereocenters. The standard InChI is InChI=1S/C21H18FN3O3S/c1-15(26)25(19-10-6-5-9-18(19)22)21-23-17(14-29-21)11-12-20(27)24-28-13-16-7-3-2-4-8-16/h2-12,14H,13H2,1H3,(H,24,27)/b12-11+. The van der Waals surface area contributed by atoms with Crippen molar-refractivity contribution in [3.63, 3.8) is 0 Å². The number of carbonyl (C=O) groups excluding carboxylic acids is 2. The Morgan fingerprint density at radius 1 is 1.17 bits per heavy atom. The fourth-order valence-electron chi connectivity index (χ4n) is 2.46. The summed E-state index contributed by atoms with van der Waals surface area (Å²) in [5, 5.41) is 1.98. The second kappa shape index (κ2) is 9.72. The van der Waals surface area contributed by atoms with E-state index in [1.807, 2.05) is 30.3 Å². The van der Waals surface area contributed by atoms with E-state index in [0.29, 0.717) is 10.8 Å². The van der Waals surface area contributed by atoms with E-state index in [2.05, 4.69) is 10.5 Å². The largest absolute Gasteiger partial charge is 0.274 e. The highest BCUT2D eigenvalue weighted by atomic mass is 32.1. The van der Waals surface area contributed by atoms with Crippen molar-refractivity contribution in [1.29, 1.82) is 0 Å². The zero-order valence-electron chi connectivity index (χ0n) is 15.5. The first-order valence-electron chi connectivity index (χ1n) is 8.69. The maximum atomic E-state index is 14.1. The summed E-state index contributed by atoms with van der Waals surface area (Å²) in [6, 6.07) is 15.4. The van der Waals surface area contributed by atoms with Crippen LogP contribution in [0.5, 0.6) is 0 Å². The van der Waals surface area contributed by atoms with Crippen LogP contribution in [0.3, 0.4) is 0 Å². The second-order valence-electron chi connectivity index (χ2n) is 5.93. The maximum absolute atomic E-state index is 14.1. The molecule has 148 valence electrons. The van der Waals surface area contributed by atoms with E-state index in [1.165, 1.54) is 47.4 Å². The number of thiazole rings is 1. The molecule has 1 heterocycles. The van der Waals surface area contributed by atoms with Crippen LogP contribution in [0, 0.1) is 5.82 Å². The van der Waals surface area contributed by atoms with Gasteiger partial charge in [-0.25, -0.2) is 14.9 Å². The fourth-order valence-corrected chi connectivity index (χ4v) is 3.30. The zero-order chi connectivity index (χ0) is 20.6. The van der Waals surface area contributed by atoms with Crippen LogP contribution >= 0.6 is 11.3 Å². The van der Waals surface area contributed by atoms with Crippen LogP contribution in [-0.2, 0) is 21.0 Å². The molecular formula is C21H18FN3O3S. The summed E-state index contributed by atoms with van der Waals surface area (Å²) in [5.74, 6) is -1.34. The van der Waals surface area contributed by atoms with E-state index >= 15 is 0 Å². The lowest BCUT2D eigenvalue weighted by Crippen LogP contribution is -2.23. The van der Waals surface area contributed by atoms with E-state index in [-0.39, 0.29) is 18.2 Å². The predicted octanol–water partition coefficient (Wildman–Crippen LogP) is 4.23. The molecule has 0 bridgehead atoms. The summed E-state index contributed by atoms with van der Waals surface area (Å²) in [7, 11) is 0. The normalized spacial score (nSPS) is 10.8. The lowest BCUT2D eigenvalue weighted by Gasteiger charge is -2.18. The molecule has 2 amide bonds. The van der Waals surface area contributed by atoms with Gasteiger partial charge >= 0.3 is 0 Å². The van der Waals surface area contributed by atoms with E-state index in [0.717, 1.165) is 5.56 Å². The van der Waals surface area contributed by atoms with Gasteiger partial charge in [0.1, 0.15) is 5.82 Å². The SMILES string of the molecule is CC(=O)N(c1nc(/C=C/C(=O)NOCc2ccccc2)cs1)c1ccccc1F. The van der Waals surface area contributed by atoms with Gasteiger partial charge in [0.15, 0.2) is 5.13 Å². The van der Waals surface area contributed by atoms with Crippen molar-refractivity contribution in [2.45, 2.75) is 13.5 Å². The Balaban J connectivity index is 1.62. The second-order valence-corrected chi connectivity index (χ2v) is 6.77. The molecule has 0 saturated carbocycles. The van der Waals surface area contributed by atoms with Crippen LogP contribution in [0.1, 0.15) is 18.2 Å². The Labute approximate surface area is 171 Å². The van der Waals surface area contributed by atoms with Gasteiger partial charge in [-0.2, -0.15) is 0 Å². The highest BCUT2D eigenvalue weighted by Gasteiger charge is 2.20. The number of hydrogen-bond acceptors (Lipinski definition) is 5. The average Bonchev–Trinajstić information content (AvgIpc) is 3.17. The number of rotatable bonds is 7. The van der Waals surface area contributed by atoms with Crippen LogP contribution in [0.15, 0.2) is 66.1 Å². The van der Waals surface area contributed by atoms with Crippen LogP contribution in [0.4, 0.5) is 15.2 Å².